The van der Waals surface area contributed by atoms with Crippen molar-refractivity contribution in [3.63, 3.8) is 0 Å². The van der Waals surface area contributed by atoms with Gasteiger partial charge in [-0.3, -0.25) is 4.79 Å². The molecular formula is C19H27IO2. The number of aliphatic hydroxyl groups is 1. The van der Waals surface area contributed by atoms with Crippen molar-refractivity contribution in [2.45, 2.75) is 68.8 Å². The molecule has 122 valence electrons. The van der Waals surface area contributed by atoms with Crippen LogP contribution in [0.25, 0.3) is 0 Å². The number of hydrogen-bond acceptors (Lipinski definition) is 2. The number of allylic oxidation sites excluding steroid dienone is 1. The molecule has 2 nitrogen and oxygen atoms in total. The Labute approximate surface area is 147 Å². The molecular weight excluding hydrogens is 387 g/mol. The van der Waals surface area contributed by atoms with Crippen molar-refractivity contribution >= 4 is 28.4 Å². The Balaban J connectivity index is 1.74. The van der Waals surface area contributed by atoms with E-state index in [1.807, 2.05) is 0 Å². The molecule has 0 aromatic heterocycles. The lowest BCUT2D eigenvalue weighted by atomic mass is 9.48. The van der Waals surface area contributed by atoms with Gasteiger partial charge in [-0.1, -0.05) is 48.1 Å². The van der Waals surface area contributed by atoms with E-state index in [0.29, 0.717) is 27.5 Å². The fourth-order valence-corrected chi connectivity index (χ4v) is 8.72. The number of ketones is 1. The lowest BCUT2D eigenvalue weighted by Crippen LogP contribution is -2.54. The van der Waals surface area contributed by atoms with Crippen molar-refractivity contribution < 1.29 is 9.90 Å². The van der Waals surface area contributed by atoms with Crippen LogP contribution in [0.15, 0.2) is 11.6 Å². The molecule has 4 aliphatic rings. The van der Waals surface area contributed by atoms with E-state index in [0.717, 1.165) is 44.9 Å². The molecule has 0 saturated heterocycles. The maximum Gasteiger partial charge on any atom is 0.139 e. The number of carbonyl (C=O) groups excluding carboxylic acids is 1. The van der Waals surface area contributed by atoms with Crippen LogP contribution in [-0.2, 0) is 4.79 Å². The van der Waals surface area contributed by atoms with Gasteiger partial charge in [-0.2, -0.15) is 0 Å². The van der Waals surface area contributed by atoms with Gasteiger partial charge in [0.25, 0.3) is 0 Å². The molecule has 0 aromatic rings. The van der Waals surface area contributed by atoms with Crippen LogP contribution in [0.3, 0.4) is 0 Å². The highest BCUT2D eigenvalue weighted by atomic mass is 127. The first-order valence-corrected chi connectivity index (χ1v) is 10.2. The van der Waals surface area contributed by atoms with Crippen molar-refractivity contribution in [1.29, 1.82) is 0 Å². The Hall–Kier alpha value is 0.1000. The molecule has 3 heteroatoms. The predicted molar refractivity (Wildman–Crippen MR) is 95.9 cm³/mol. The van der Waals surface area contributed by atoms with Gasteiger partial charge in [-0.25, -0.2) is 0 Å². The maximum atomic E-state index is 12.5. The van der Waals surface area contributed by atoms with Crippen LogP contribution in [0, 0.1) is 28.6 Å². The van der Waals surface area contributed by atoms with E-state index in [1.54, 1.807) is 0 Å². The van der Waals surface area contributed by atoms with E-state index in [4.69, 9.17) is 0 Å². The summed E-state index contributed by atoms with van der Waals surface area (Å²) in [5.41, 5.74) is 1.73. The molecule has 3 fully saturated rings. The molecule has 0 heterocycles. The molecule has 0 aromatic carbocycles. The highest BCUT2D eigenvalue weighted by molar-refractivity contribution is 14.1. The van der Waals surface area contributed by atoms with Gasteiger partial charge in [0.05, 0.1) is 6.10 Å². The molecule has 0 unspecified atom stereocenters. The summed E-state index contributed by atoms with van der Waals surface area (Å²) in [5, 5.41) is 10.1. The van der Waals surface area contributed by atoms with Gasteiger partial charge in [0.1, 0.15) is 5.78 Å². The molecule has 4 rings (SSSR count). The van der Waals surface area contributed by atoms with Crippen LogP contribution >= 0.6 is 22.6 Å². The number of hydrogen-bond donors (Lipinski definition) is 1. The number of alkyl halides is 1. The van der Waals surface area contributed by atoms with Crippen LogP contribution in [0.2, 0.25) is 0 Å². The van der Waals surface area contributed by atoms with Crippen LogP contribution in [0.1, 0.15) is 58.8 Å². The minimum atomic E-state index is -0.134. The average Bonchev–Trinajstić information content (AvgIpc) is 2.75. The normalized spacial score (nSPS) is 54.3. The van der Waals surface area contributed by atoms with Crippen molar-refractivity contribution in [1.82, 2.24) is 0 Å². The SMILES string of the molecule is C[C@]12CC[C@H](O)CC1=CC[C@@H]1[C@@H]2[C@H](I)C[C@]2(C)C(=O)CC[C@@H]12. The third-order valence-corrected chi connectivity index (χ3v) is 8.90. The van der Waals surface area contributed by atoms with Crippen molar-refractivity contribution in [2.75, 3.05) is 0 Å². The Morgan fingerprint density at radius 2 is 2.05 bits per heavy atom. The maximum absolute atomic E-state index is 12.5. The molecule has 0 bridgehead atoms. The monoisotopic (exact) mass is 414 g/mol. The molecule has 1 N–H and O–H groups in total. The van der Waals surface area contributed by atoms with Crippen molar-refractivity contribution in [2.24, 2.45) is 28.6 Å². The van der Waals surface area contributed by atoms with Crippen molar-refractivity contribution in [3.8, 4) is 0 Å². The number of aliphatic hydroxyl groups excluding tert-OH is 1. The topological polar surface area (TPSA) is 37.3 Å². The Morgan fingerprint density at radius 1 is 1.27 bits per heavy atom. The quantitative estimate of drug-likeness (QED) is 0.365. The van der Waals surface area contributed by atoms with Crippen molar-refractivity contribution in [3.05, 3.63) is 11.6 Å². The zero-order chi connectivity index (χ0) is 15.7. The number of halogens is 1. The number of rotatable bonds is 0. The first-order chi connectivity index (χ1) is 10.4. The molecule has 0 spiro atoms. The highest BCUT2D eigenvalue weighted by Crippen LogP contribution is 2.65. The zero-order valence-corrected chi connectivity index (χ0v) is 15.8. The molecule has 3 saturated carbocycles. The molecule has 4 aliphatic carbocycles. The summed E-state index contributed by atoms with van der Waals surface area (Å²) in [6, 6.07) is 0. The van der Waals surface area contributed by atoms with E-state index in [1.165, 1.54) is 5.57 Å². The summed E-state index contributed by atoms with van der Waals surface area (Å²) in [4.78, 5) is 12.5. The number of carbonyl (C=O) groups is 1. The average molecular weight is 414 g/mol. The summed E-state index contributed by atoms with van der Waals surface area (Å²) in [6.07, 6.45) is 9.39. The van der Waals surface area contributed by atoms with Crippen LogP contribution in [0.4, 0.5) is 0 Å². The van der Waals surface area contributed by atoms with Crippen LogP contribution < -0.4 is 0 Å². The summed E-state index contributed by atoms with van der Waals surface area (Å²) in [7, 11) is 0. The molecule has 0 aliphatic heterocycles. The van der Waals surface area contributed by atoms with E-state index in [2.05, 4.69) is 42.5 Å². The molecule has 22 heavy (non-hydrogen) atoms. The van der Waals surface area contributed by atoms with E-state index in [-0.39, 0.29) is 16.9 Å². The van der Waals surface area contributed by atoms with Gasteiger partial charge in [0.2, 0.25) is 0 Å². The number of Topliss-reactive ketones (excluding diaryl/α,β-unsaturated/α-hetero) is 1. The van der Waals surface area contributed by atoms with Gasteiger partial charge >= 0.3 is 0 Å². The Morgan fingerprint density at radius 3 is 2.82 bits per heavy atom. The minimum absolute atomic E-state index is 0.0527. The zero-order valence-electron chi connectivity index (χ0n) is 13.6. The predicted octanol–water partition coefficient (Wildman–Crippen LogP) is 4.29. The number of fused-ring (bicyclic) bond motifs is 5. The molecule has 0 amide bonds. The highest BCUT2D eigenvalue weighted by Gasteiger charge is 2.61. The second-order valence-corrected chi connectivity index (χ2v) is 10.3. The summed E-state index contributed by atoms with van der Waals surface area (Å²) in [5.74, 6) is 2.50. The van der Waals surface area contributed by atoms with E-state index in [9.17, 15) is 9.90 Å². The first-order valence-electron chi connectivity index (χ1n) is 8.91. The Bertz CT molecular complexity index is 542. The van der Waals surface area contributed by atoms with Crippen LogP contribution in [-0.4, -0.2) is 20.9 Å². The van der Waals surface area contributed by atoms with E-state index < -0.39 is 0 Å². The smallest absolute Gasteiger partial charge is 0.139 e. The van der Waals surface area contributed by atoms with Gasteiger partial charge in [-0.15, -0.1) is 0 Å². The lowest BCUT2D eigenvalue weighted by Gasteiger charge is -2.58. The Kier molecular flexibility index (Phi) is 3.58. The summed E-state index contributed by atoms with van der Waals surface area (Å²) in [6.45, 7) is 4.70. The summed E-state index contributed by atoms with van der Waals surface area (Å²) >= 11 is 2.65. The third-order valence-electron chi connectivity index (χ3n) is 7.68. The van der Waals surface area contributed by atoms with Gasteiger partial charge in [0.15, 0.2) is 0 Å². The largest absolute Gasteiger partial charge is 0.393 e. The fourth-order valence-electron chi connectivity index (χ4n) is 6.47. The van der Waals surface area contributed by atoms with E-state index >= 15 is 0 Å². The van der Waals surface area contributed by atoms with Crippen LogP contribution in [0.5, 0.6) is 0 Å². The summed E-state index contributed by atoms with van der Waals surface area (Å²) < 4.78 is 0.592. The first kappa shape index (κ1) is 15.6. The lowest BCUT2D eigenvalue weighted by molar-refractivity contribution is -0.131. The minimum Gasteiger partial charge on any atom is -0.393 e. The fraction of sp³-hybridized carbons (Fsp3) is 0.842. The standard InChI is InChI=1S/C19H27IO2/c1-18-8-7-12(21)9-11(18)3-4-13-14-5-6-16(22)19(14,2)10-15(20)17(13)18/h3,12-15,17,21H,4-10H2,1-2H3/t12-,13-,14-,15+,17+,18-,19-/m0/s1. The van der Waals surface area contributed by atoms with Gasteiger partial charge in [0, 0.05) is 15.8 Å². The van der Waals surface area contributed by atoms with Gasteiger partial charge in [-0.05, 0) is 61.7 Å². The third kappa shape index (κ3) is 1.96. The second kappa shape index (κ2) is 5.05. The second-order valence-electron chi connectivity index (χ2n) is 8.67. The molecule has 0 radical (unpaired) electrons. The van der Waals surface area contributed by atoms with Gasteiger partial charge < -0.3 is 5.11 Å². The molecule has 7 atom stereocenters.